The number of carbonyl (C=O) groups is 2. The topological polar surface area (TPSA) is 88.1 Å². The van der Waals surface area contributed by atoms with Crippen molar-refractivity contribution in [2.75, 3.05) is 18.9 Å². The van der Waals surface area contributed by atoms with Crippen LogP contribution in [0.5, 0.6) is 0 Å². The number of alkyl halides is 3. The molecule has 0 saturated heterocycles. The summed E-state index contributed by atoms with van der Waals surface area (Å²) >= 11 is 0. The maximum Gasteiger partial charge on any atom is 0.416 e. The summed E-state index contributed by atoms with van der Waals surface area (Å²) in [5.41, 5.74) is -0.334. The van der Waals surface area contributed by atoms with Gasteiger partial charge in [-0.25, -0.2) is 9.48 Å². The van der Waals surface area contributed by atoms with E-state index in [9.17, 15) is 22.8 Å². The molecule has 3 N–H and O–H groups in total. The number of urea groups is 1. The number of rotatable bonds is 4. The van der Waals surface area contributed by atoms with E-state index in [4.69, 9.17) is 0 Å². The highest BCUT2D eigenvalue weighted by Gasteiger charge is 2.30. The fourth-order valence-corrected chi connectivity index (χ4v) is 1.78. The Bertz CT molecular complexity index is 742. The summed E-state index contributed by atoms with van der Waals surface area (Å²) in [5, 5.41) is 11.0. The van der Waals surface area contributed by atoms with E-state index in [0.29, 0.717) is 0 Å². The fourth-order valence-electron chi connectivity index (χ4n) is 1.78. The second-order valence-corrected chi connectivity index (χ2v) is 4.70. The van der Waals surface area contributed by atoms with Gasteiger partial charge in [-0.2, -0.15) is 18.3 Å². The molecule has 7 nitrogen and oxygen atoms in total. The van der Waals surface area contributed by atoms with Gasteiger partial charge >= 0.3 is 12.2 Å². The van der Waals surface area contributed by atoms with E-state index in [1.807, 2.05) is 0 Å². The second kappa shape index (κ2) is 7.02. The Hall–Kier alpha value is -3.04. The van der Waals surface area contributed by atoms with Crippen molar-refractivity contribution < 1.29 is 22.8 Å². The van der Waals surface area contributed by atoms with Crippen LogP contribution in [-0.4, -0.2) is 35.3 Å². The van der Waals surface area contributed by atoms with Crippen molar-refractivity contribution in [3.63, 3.8) is 0 Å². The Morgan fingerprint density at radius 1 is 1.29 bits per heavy atom. The second-order valence-electron chi connectivity index (χ2n) is 4.70. The molecule has 1 heterocycles. The minimum atomic E-state index is -4.45. The minimum absolute atomic E-state index is 0.198. The number of anilines is 1. The van der Waals surface area contributed by atoms with Gasteiger partial charge in [0.25, 0.3) is 0 Å². The van der Waals surface area contributed by atoms with Gasteiger partial charge in [-0.05, 0) is 18.2 Å². The summed E-state index contributed by atoms with van der Waals surface area (Å²) in [6.45, 7) is -0.204. The molecule has 0 aliphatic heterocycles. The highest BCUT2D eigenvalue weighted by Crippen LogP contribution is 2.30. The van der Waals surface area contributed by atoms with E-state index in [1.54, 1.807) is 0 Å². The molecule has 10 heteroatoms. The molecule has 0 atom stereocenters. The van der Waals surface area contributed by atoms with Crippen LogP contribution in [-0.2, 0) is 11.0 Å². The maximum absolute atomic E-state index is 12.7. The lowest BCUT2D eigenvalue weighted by molar-refractivity contribution is -0.137. The fraction of sp³-hybridized carbons (Fsp3) is 0.214. The molecule has 0 bridgehead atoms. The third-order valence-electron chi connectivity index (χ3n) is 2.97. The Kier molecular flexibility index (Phi) is 5.07. The van der Waals surface area contributed by atoms with Crippen LogP contribution in [0.2, 0.25) is 0 Å². The molecular weight excluding hydrogens is 327 g/mol. The Morgan fingerprint density at radius 3 is 2.71 bits per heavy atom. The van der Waals surface area contributed by atoms with Gasteiger partial charge in [-0.15, -0.1) is 0 Å². The van der Waals surface area contributed by atoms with Crippen molar-refractivity contribution in [2.45, 2.75) is 6.18 Å². The van der Waals surface area contributed by atoms with Gasteiger partial charge in [0, 0.05) is 7.05 Å². The first-order valence-electron chi connectivity index (χ1n) is 6.77. The molecule has 24 heavy (non-hydrogen) atoms. The molecule has 2 rings (SSSR count). The number of carbonyl (C=O) groups excluding carboxylic acids is 2. The molecule has 128 valence electrons. The van der Waals surface area contributed by atoms with Crippen LogP contribution in [0.1, 0.15) is 5.56 Å². The van der Waals surface area contributed by atoms with Crippen molar-refractivity contribution in [1.29, 1.82) is 0 Å². The van der Waals surface area contributed by atoms with Gasteiger partial charge in [-0.1, -0.05) is 6.07 Å². The van der Waals surface area contributed by atoms with E-state index >= 15 is 0 Å². The standard InChI is InChI=1S/C14H14F3N5O2/c1-18-12(23)7-19-13(24)21-10-6-20-22(8-10)11-4-2-3-9(5-11)14(15,16)17/h2-6,8H,7H2,1H3,(H,18,23)(H2,19,21,24). The molecule has 0 aliphatic rings. The van der Waals surface area contributed by atoms with Gasteiger partial charge in [-0.3, -0.25) is 4.79 Å². The van der Waals surface area contributed by atoms with Gasteiger partial charge in [0.1, 0.15) is 0 Å². The van der Waals surface area contributed by atoms with E-state index in [-0.39, 0.29) is 23.8 Å². The first-order valence-corrected chi connectivity index (χ1v) is 6.77. The van der Waals surface area contributed by atoms with Crippen molar-refractivity contribution >= 4 is 17.6 Å². The molecule has 3 amide bonds. The molecular formula is C14H14F3N5O2. The smallest absolute Gasteiger partial charge is 0.358 e. The highest BCUT2D eigenvalue weighted by atomic mass is 19.4. The summed E-state index contributed by atoms with van der Waals surface area (Å²) in [6.07, 6.45) is -1.82. The van der Waals surface area contributed by atoms with Crippen molar-refractivity contribution in [1.82, 2.24) is 20.4 Å². The average molecular weight is 341 g/mol. The largest absolute Gasteiger partial charge is 0.416 e. The number of amides is 3. The summed E-state index contributed by atoms with van der Waals surface area (Å²) in [6, 6.07) is 3.99. The molecule has 0 spiro atoms. The zero-order chi connectivity index (χ0) is 17.7. The molecule has 1 aromatic carbocycles. The van der Waals surface area contributed by atoms with Crippen molar-refractivity contribution in [3.8, 4) is 5.69 Å². The third kappa shape index (κ3) is 4.48. The molecule has 0 aliphatic carbocycles. The van der Waals surface area contributed by atoms with Gasteiger partial charge < -0.3 is 16.0 Å². The molecule has 0 fully saturated rings. The van der Waals surface area contributed by atoms with Crippen LogP contribution < -0.4 is 16.0 Å². The van der Waals surface area contributed by atoms with Crippen molar-refractivity contribution in [3.05, 3.63) is 42.2 Å². The normalized spacial score (nSPS) is 11.0. The van der Waals surface area contributed by atoms with Crippen molar-refractivity contribution in [2.24, 2.45) is 0 Å². The number of hydrogen-bond acceptors (Lipinski definition) is 3. The summed E-state index contributed by atoms with van der Waals surface area (Å²) in [4.78, 5) is 22.6. The quantitative estimate of drug-likeness (QED) is 0.792. The number of likely N-dealkylation sites (N-methyl/N-ethyl adjacent to an activating group) is 1. The maximum atomic E-state index is 12.7. The molecule has 0 saturated carbocycles. The number of aromatic nitrogens is 2. The van der Waals surface area contributed by atoms with Gasteiger partial charge in [0.05, 0.1) is 35.9 Å². The number of nitrogens with one attached hydrogen (secondary N) is 3. The van der Waals surface area contributed by atoms with E-state index in [0.717, 1.165) is 12.1 Å². The first kappa shape index (κ1) is 17.3. The minimum Gasteiger partial charge on any atom is -0.358 e. The summed E-state index contributed by atoms with van der Waals surface area (Å²) in [5.74, 6) is -0.371. The molecule has 2 aromatic rings. The lowest BCUT2D eigenvalue weighted by atomic mass is 10.2. The van der Waals surface area contributed by atoms with Crippen LogP contribution >= 0.6 is 0 Å². The lowest BCUT2D eigenvalue weighted by Gasteiger charge is -2.08. The van der Waals surface area contributed by atoms with Crippen LogP contribution in [0, 0.1) is 0 Å². The third-order valence-corrected chi connectivity index (χ3v) is 2.97. The van der Waals surface area contributed by atoms with Gasteiger partial charge in [0.15, 0.2) is 0 Å². The van der Waals surface area contributed by atoms with Crippen LogP contribution in [0.4, 0.5) is 23.7 Å². The zero-order valence-corrected chi connectivity index (χ0v) is 12.5. The lowest BCUT2D eigenvalue weighted by Crippen LogP contribution is -2.37. The predicted molar refractivity (Wildman–Crippen MR) is 79.7 cm³/mol. The van der Waals surface area contributed by atoms with Crippen LogP contribution in [0.25, 0.3) is 5.69 Å². The van der Waals surface area contributed by atoms with E-state index in [2.05, 4.69) is 21.0 Å². The molecule has 0 unspecified atom stereocenters. The predicted octanol–water partition coefficient (Wildman–Crippen LogP) is 1.76. The van der Waals surface area contributed by atoms with Crippen LogP contribution in [0.15, 0.2) is 36.7 Å². The SMILES string of the molecule is CNC(=O)CNC(=O)Nc1cnn(-c2cccc(C(F)(F)F)c2)c1. The number of nitrogens with zero attached hydrogens (tertiary/aromatic N) is 2. The average Bonchev–Trinajstić information content (AvgIpc) is 3.00. The molecule has 1 aromatic heterocycles. The Labute approximate surface area is 134 Å². The monoisotopic (exact) mass is 341 g/mol. The number of halogens is 3. The first-order chi connectivity index (χ1) is 11.3. The Balaban J connectivity index is 2.06. The van der Waals surface area contributed by atoms with E-state index in [1.165, 1.54) is 36.3 Å². The van der Waals surface area contributed by atoms with Gasteiger partial charge in [0.2, 0.25) is 5.91 Å². The van der Waals surface area contributed by atoms with E-state index < -0.39 is 17.8 Å². The number of hydrogen-bond donors (Lipinski definition) is 3. The number of benzene rings is 1. The summed E-state index contributed by atoms with van der Waals surface area (Å²) < 4.78 is 39.3. The van der Waals surface area contributed by atoms with Crippen LogP contribution in [0.3, 0.4) is 0 Å². The summed E-state index contributed by atoms with van der Waals surface area (Å²) in [7, 11) is 1.43. The molecule has 0 radical (unpaired) electrons. The zero-order valence-electron chi connectivity index (χ0n) is 12.5. The highest BCUT2D eigenvalue weighted by molar-refractivity contribution is 5.91. The Morgan fingerprint density at radius 2 is 2.04 bits per heavy atom.